The molecule has 2 heterocycles. The van der Waals surface area contributed by atoms with E-state index in [4.69, 9.17) is 4.98 Å². The van der Waals surface area contributed by atoms with E-state index in [1.165, 1.54) is 43.4 Å². The van der Waals surface area contributed by atoms with Crippen molar-refractivity contribution in [3.63, 3.8) is 0 Å². The Morgan fingerprint density at radius 1 is 1.05 bits per heavy atom. The molecule has 0 radical (unpaired) electrons. The second kappa shape index (κ2) is 11.0. The third kappa shape index (κ3) is 6.03. The first-order chi connectivity index (χ1) is 19.3. The molecule has 2 N–H and O–H groups in total. The summed E-state index contributed by atoms with van der Waals surface area (Å²) in [6.45, 7) is 2.23. The zero-order valence-corrected chi connectivity index (χ0v) is 24.9. The van der Waals surface area contributed by atoms with Crippen LogP contribution in [-0.2, 0) is 22.6 Å². The van der Waals surface area contributed by atoms with Gasteiger partial charge in [0.15, 0.2) is 5.01 Å². The Bertz CT molecular complexity index is 1370. The van der Waals surface area contributed by atoms with Crippen LogP contribution in [0.25, 0.3) is 10.4 Å². The monoisotopic (exact) mass is 578 g/mol. The summed E-state index contributed by atoms with van der Waals surface area (Å²) >= 11 is 1.42. The van der Waals surface area contributed by atoms with Crippen molar-refractivity contribution in [2.75, 3.05) is 11.5 Å². The summed E-state index contributed by atoms with van der Waals surface area (Å²) in [4.78, 5) is 32.6. The van der Waals surface area contributed by atoms with E-state index in [0.717, 1.165) is 53.8 Å². The van der Waals surface area contributed by atoms with Gasteiger partial charge in [-0.25, -0.2) is 4.98 Å². The molecular weight excluding hydrogens is 541 g/mol. The first kappa shape index (κ1) is 27.6. The molecule has 4 aliphatic rings. The average molecular weight is 579 g/mol. The molecule has 2 amide bonds. The Kier molecular flexibility index (Phi) is 7.60. The molecule has 212 valence electrons. The van der Waals surface area contributed by atoms with Crippen molar-refractivity contribution >= 4 is 34.0 Å². The summed E-state index contributed by atoms with van der Waals surface area (Å²) < 4.78 is 11.8. The van der Waals surface area contributed by atoms with Gasteiger partial charge in [-0.3, -0.25) is 13.8 Å². The molecule has 0 bridgehead atoms. The van der Waals surface area contributed by atoms with Crippen molar-refractivity contribution in [1.29, 1.82) is 5.26 Å². The van der Waals surface area contributed by atoms with Gasteiger partial charge in [0.1, 0.15) is 5.54 Å². The van der Waals surface area contributed by atoms with Crippen molar-refractivity contribution in [1.82, 2.24) is 15.6 Å². The molecule has 0 spiro atoms. The maximum Gasteiger partial charge on any atom is 0.280 e. The molecule has 40 heavy (non-hydrogen) atoms. The molecule has 3 saturated carbocycles. The number of hydrogen-bond acceptors (Lipinski definition) is 6. The Morgan fingerprint density at radius 3 is 2.42 bits per heavy atom. The quantitative estimate of drug-likeness (QED) is 0.435. The average Bonchev–Trinajstić information content (AvgIpc) is 3.87. The highest BCUT2D eigenvalue weighted by Crippen LogP contribution is 2.49. The molecule has 3 aliphatic carbocycles. The predicted molar refractivity (Wildman–Crippen MR) is 158 cm³/mol. The van der Waals surface area contributed by atoms with E-state index in [1.54, 1.807) is 0 Å². The van der Waals surface area contributed by atoms with E-state index >= 15 is 0 Å². The lowest BCUT2D eigenvalue weighted by Crippen LogP contribution is -2.39. The van der Waals surface area contributed by atoms with Crippen LogP contribution in [0.5, 0.6) is 0 Å². The minimum Gasteiger partial charge on any atom is -0.347 e. The Hall–Kier alpha value is -2.57. The SMILES string of the molecule is CC1(c2cc(C(=O)NC3(C#N)CC3)cc(-c3sc(C(=O)NC4CCS(=O)CC4)nc3CC3CCCCC3)c2)CC1. The van der Waals surface area contributed by atoms with Crippen molar-refractivity contribution in [3.05, 3.63) is 40.0 Å². The van der Waals surface area contributed by atoms with Gasteiger partial charge in [-0.15, -0.1) is 11.3 Å². The molecule has 1 saturated heterocycles. The van der Waals surface area contributed by atoms with Gasteiger partial charge in [0.25, 0.3) is 11.8 Å². The Labute approximate surface area is 243 Å². The summed E-state index contributed by atoms with van der Waals surface area (Å²) in [6, 6.07) is 8.40. The van der Waals surface area contributed by atoms with Gasteiger partial charge in [-0.2, -0.15) is 5.26 Å². The maximum absolute atomic E-state index is 13.4. The number of carbonyl (C=O) groups is 2. The van der Waals surface area contributed by atoms with Crippen LogP contribution in [0.15, 0.2) is 18.2 Å². The van der Waals surface area contributed by atoms with Crippen LogP contribution < -0.4 is 10.6 Å². The number of nitrogens with one attached hydrogen (secondary N) is 2. The summed E-state index contributed by atoms with van der Waals surface area (Å²) in [6.07, 6.45) is 12.0. The van der Waals surface area contributed by atoms with Gasteiger partial charge in [0.2, 0.25) is 0 Å². The van der Waals surface area contributed by atoms with Crippen LogP contribution in [0.1, 0.15) is 109 Å². The normalized spacial score (nSPS) is 25.0. The van der Waals surface area contributed by atoms with Crippen LogP contribution in [0.2, 0.25) is 0 Å². The van der Waals surface area contributed by atoms with Crippen LogP contribution in [0.3, 0.4) is 0 Å². The summed E-state index contributed by atoms with van der Waals surface area (Å²) in [5.41, 5.74) is 2.91. The van der Waals surface area contributed by atoms with Gasteiger partial charge in [-0.1, -0.05) is 39.0 Å². The third-order valence-electron chi connectivity index (χ3n) is 9.29. The molecule has 7 nitrogen and oxygen atoms in total. The minimum atomic E-state index is -0.778. The van der Waals surface area contributed by atoms with Crippen molar-refractivity contribution < 1.29 is 13.8 Å². The van der Waals surface area contributed by atoms with Gasteiger partial charge >= 0.3 is 0 Å². The smallest absolute Gasteiger partial charge is 0.280 e. The van der Waals surface area contributed by atoms with Gasteiger partial charge in [0.05, 0.1) is 16.6 Å². The number of hydrogen-bond donors (Lipinski definition) is 2. The van der Waals surface area contributed by atoms with Crippen LogP contribution in [0.4, 0.5) is 0 Å². The number of rotatable bonds is 8. The van der Waals surface area contributed by atoms with E-state index in [9.17, 15) is 19.1 Å². The van der Waals surface area contributed by atoms with Crippen LogP contribution in [-0.4, -0.2) is 44.1 Å². The summed E-state index contributed by atoms with van der Waals surface area (Å²) in [5.74, 6) is 1.44. The zero-order chi connectivity index (χ0) is 27.9. The van der Waals surface area contributed by atoms with Crippen molar-refractivity contribution in [2.45, 2.75) is 101 Å². The number of nitrogens with zero attached hydrogens (tertiary/aromatic N) is 2. The molecule has 1 aliphatic heterocycles. The highest BCUT2D eigenvalue weighted by atomic mass is 32.2. The minimum absolute atomic E-state index is 0.0302. The van der Waals surface area contributed by atoms with Crippen molar-refractivity contribution in [3.8, 4) is 16.5 Å². The lowest BCUT2D eigenvalue weighted by atomic mass is 9.85. The first-order valence-corrected chi connectivity index (χ1v) is 17.1. The van der Waals surface area contributed by atoms with E-state index in [1.807, 2.05) is 12.1 Å². The standard InChI is InChI=1S/C31H38N4O3S2/c1-30(9-10-30)23-17-21(16-22(18-23)27(36)35-31(19-32)11-12-31)26-25(15-20-5-3-2-4-6-20)34-29(39-26)28(37)33-24-7-13-40(38)14-8-24/h16-18,20,24H,2-15H2,1H3,(H,33,37)(H,35,36). The van der Waals surface area contributed by atoms with Crippen LogP contribution >= 0.6 is 11.3 Å². The molecule has 1 aromatic carbocycles. The van der Waals surface area contributed by atoms with Gasteiger partial charge in [0, 0.05) is 33.9 Å². The van der Waals surface area contributed by atoms with Crippen LogP contribution in [0, 0.1) is 17.2 Å². The molecule has 6 rings (SSSR count). The Morgan fingerprint density at radius 2 is 1.77 bits per heavy atom. The molecular formula is C31H38N4O3S2. The zero-order valence-electron chi connectivity index (χ0n) is 23.2. The summed E-state index contributed by atoms with van der Waals surface area (Å²) in [5, 5.41) is 16.1. The number of thiazole rings is 1. The molecule has 0 atom stereocenters. The van der Waals surface area contributed by atoms with E-state index < -0.39 is 16.3 Å². The molecule has 2 aromatic rings. The highest BCUT2D eigenvalue weighted by Gasteiger charge is 2.45. The fourth-order valence-corrected chi connectivity index (χ4v) is 8.34. The molecule has 9 heteroatoms. The van der Waals surface area contributed by atoms with Gasteiger partial charge < -0.3 is 10.6 Å². The number of benzene rings is 1. The number of aromatic nitrogens is 1. The Balaban J connectivity index is 1.34. The molecule has 1 aromatic heterocycles. The number of carbonyl (C=O) groups excluding carboxylic acids is 2. The fraction of sp³-hybridized carbons (Fsp3) is 0.613. The van der Waals surface area contributed by atoms with E-state index in [-0.39, 0.29) is 23.3 Å². The number of nitriles is 1. The second-order valence-corrected chi connectivity index (χ2v) is 15.3. The second-order valence-electron chi connectivity index (χ2n) is 12.6. The number of amides is 2. The molecule has 4 fully saturated rings. The largest absolute Gasteiger partial charge is 0.347 e. The third-order valence-corrected chi connectivity index (χ3v) is 11.8. The summed E-state index contributed by atoms with van der Waals surface area (Å²) in [7, 11) is -0.778. The predicted octanol–water partition coefficient (Wildman–Crippen LogP) is 5.41. The van der Waals surface area contributed by atoms with Crippen molar-refractivity contribution in [2.24, 2.45) is 5.92 Å². The lowest BCUT2D eigenvalue weighted by molar-refractivity contribution is 0.0928. The topological polar surface area (TPSA) is 112 Å². The van der Waals surface area contributed by atoms with E-state index in [2.05, 4.69) is 29.7 Å². The fourth-order valence-electron chi connectivity index (χ4n) is 6.06. The highest BCUT2D eigenvalue weighted by molar-refractivity contribution is 7.85. The lowest BCUT2D eigenvalue weighted by Gasteiger charge is -2.22. The molecule has 0 unspecified atom stereocenters. The first-order valence-electron chi connectivity index (χ1n) is 14.8. The maximum atomic E-state index is 13.4. The van der Waals surface area contributed by atoms with Gasteiger partial charge in [-0.05, 0) is 85.6 Å². The van der Waals surface area contributed by atoms with E-state index in [0.29, 0.717) is 40.8 Å².